The Morgan fingerprint density at radius 2 is 2.15 bits per heavy atom. The number of likely N-dealkylation sites (tertiary alicyclic amines) is 1. The molecule has 108 valence electrons. The lowest BCUT2D eigenvalue weighted by Gasteiger charge is -2.31. The van der Waals surface area contributed by atoms with Gasteiger partial charge in [0.1, 0.15) is 0 Å². The monoisotopic (exact) mass is 291 g/mol. The highest BCUT2D eigenvalue weighted by atomic mass is 32.1. The number of benzene rings is 1. The van der Waals surface area contributed by atoms with Gasteiger partial charge in [0.15, 0.2) is 0 Å². The molecule has 3 N–H and O–H groups in total. The number of aryl methyl sites for hydroxylation is 1. The van der Waals surface area contributed by atoms with Crippen LogP contribution in [0, 0.1) is 6.92 Å². The van der Waals surface area contributed by atoms with Crippen LogP contribution in [0.15, 0.2) is 24.3 Å². The second-order valence-corrected chi connectivity index (χ2v) is 5.88. The lowest BCUT2D eigenvalue weighted by atomic mass is 10.0. The molecular weight excluding hydrogens is 270 g/mol. The highest BCUT2D eigenvalue weighted by molar-refractivity contribution is 7.80. The van der Waals surface area contributed by atoms with Crippen molar-refractivity contribution >= 4 is 23.1 Å². The number of nitrogens with one attached hydrogen (secondary N) is 1. The van der Waals surface area contributed by atoms with Gasteiger partial charge >= 0.3 is 0 Å². The number of amides is 1. The van der Waals surface area contributed by atoms with Crippen LogP contribution < -0.4 is 11.1 Å². The van der Waals surface area contributed by atoms with Crippen LogP contribution in [-0.4, -0.2) is 41.5 Å². The largest absolute Gasteiger partial charge is 0.392 e. The fourth-order valence-electron chi connectivity index (χ4n) is 2.51. The summed E-state index contributed by atoms with van der Waals surface area (Å²) in [6.07, 6.45) is 1.89. The van der Waals surface area contributed by atoms with Gasteiger partial charge in [0, 0.05) is 31.2 Å². The first-order valence-corrected chi connectivity index (χ1v) is 7.33. The second-order valence-electron chi connectivity index (χ2n) is 5.36. The van der Waals surface area contributed by atoms with Gasteiger partial charge in [0.25, 0.3) is 5.91 Å². The number of carbonyl (C=O) groups excluding carboxylic acids is 1. The predicted molar refractivity (Wildman–Crippen MR) is 84.9 cm³/mol. The Morgan fingerprint density at radius 3 is 2.75 bits per heavy atom. The maximum absolute atomic E-state index is 12.2. The van der Waals surface area contributed by atoms with E-state index in [1.165, 1.54) is 0 Å². The Morgan fingerprint density at radius 1 is 1.45 bits per heavy atom. The van der Waals surface area contributed by atoms with E-state index in [0.717, 1.165) is 37.1 Å². The summed E-state index contributed by atoms with van der Waals surface area (Å²) in [5.74, 6) is 0.0153. The minimum atomic E-state index is 0.0153. The first-order valence-electron chi connectivity index (χ1n) is 6.93. The normalized spacial score (nSPS) is 16.9. The van der Waals surface area contributed by atoms with Crippen LogP contribution in [0.25, 0.3) is 0 Å². The van der Waals surface area contributed by atoms with E-state index >= 15 is 0 Å². The number of nitrogens with zero attached hydrogens (tertiary/aromatic N) is 1. The molecule has 0 bridgehead atoms. The Bertz CT molecular complexity index is 496. The van der Waals surface area contributed by atoms with Crippen LogP contribution in [0.2, 0.25) is 0 Å². The molecule has 1 saturated heterocycles. The summed E-state index contributed by atoms with van der Waals surface area (Å²) in [6, 6.07) is 7.91. The average Bonchev–Trinajstić information content (AvgIpc) is 2.40. The molecule has 0 atom stereocenters. The van der Waals surface area contributed by atoms with Crippen LogP contribution in [0.1, 0.15) is 28.8 Å². The third-order valence-corrected chi connectivity index (χ3v) is 3.71. The van der Waals surface area contributed by atoms with E-state index in [0.29, 0.717) is 11.5 Å². The first-order chi connectivity index (χ1) is 9.54. The third-order valence-electron chi connectivity index (χ3n) is 3.58. The van der Waals surface area contributed by atoms with Gasteiger partial charge in [-0.25, -0.2) is 0 Å². The van der Waals surface area contributed by atoms with Crippen molar-refractivity contribution in [2.45, 2.75) is 25.8 Å². The Hall–Kier alpha value is -1.46. The maximum atomic E-state index is 12.2. The molecule has 1 amide bonds. The number of thiocarbonyl (C=S) groups is 1. The summed E-state index contributed by atoms with van der Waals surface area (Å²) in [7, 11) is 0. The summed E-state index contributed by atoms with van der Waals surface area (Å²) in [4.78, 5) is 14.9. The van der Waals surface area contributed by atoms with Crippen molar-refractivity contribution in [2.24, 2.45) is 5.73 Å². The summed E-state index contributed by atoms with van der Waals surface area (Å²) in [5, 5.41) is 3.11. The van der Waals surface area contributed by atoms with Crippen molar-refractivity contribution < 1.29 is 4.79 Å². The molecule has 1 fully saturated rings. The van der Waals surface area contributed by atoms with Gasteiger partial charge in [0.05, 0.1) is 4.99 Å². The number of carbonyl (C=O) groups is 1. The second kappa shape index (κ2) is 6.81. The zero-order valence-electron chi connectivity index (χ0n) is 11.8. The van der Waals surface area contributed by atoms with Crippen molar-refractivity contribution in [3.8, 4) is 0 Å². The van der Waals surface area contributed by atoms with E-state index in [2.05, 4.69) is 10.2 Å². The highest BCUT2D eigenvalue weighted by Crippen LogP contribution is 2.11. The summed E-state index contributed by atoms with van der Waals surface area (Å²) >= 11 is 4.92. The van der Waals surface area contributed by atoms with E-state index in [9.17, 15) is 4.79 Å². The molecule has 1 aliphatic heterocycles. The Kier molecular flexibility index (Phi) is 5.09. The summed E-state index contributed by atoms with van der Waals surface area (Å²) in [5.41, 5.74) is 7.38. The average molecular weight is 291 g/mol. The van der Waals surface area contributed by atoms with Gasteiger partial charge in [-0.3, -0.25) is 9.69 Å². The SMILES string of the molecule is Cc1cccc(C(=O)NC2CCN(CC(N)=S)CC2)c1. The van der Waals surface area contributed by atoms with E-state index < -0.39 is 0 Å². The molecular formula is C15H21N3OS. The van der Waals surface area contributed by atoms with E-state index in [1.807, 2.05) is 31.2 Å². The fraction of sp³-hybridized carbons (Fsp3) is 0.467. The molecule has 0 saturated carbocycles. The Labute approximate surface area is 125 Å². The number of hydrogen-bond donors (Lipinski definition) is 2. The molecule has 1 heterocycles. The van der Waals surface area contributed by atoms with Gasteiger partial charge in [0.2, 0.25) is 0 Å². The zero-order valence-corrected chi connectivity index (χ0v) is 12.6. The van der Waals surface area contributed by atoms with Crippen LogP contribution in [0.4, 0.5) is 0 Å². The third kappa shape index (κ3) is 4.28. The topological polar surface area (TPSA) is 58.4 Å². The van der Waals surface area contributed by atoms with Crippen molar-refractivity contribution in [1.29, 1.82) is 0 Å². The molecule has 0 unspecified atom stereocenters. The maximum Gasteiger partial charge on any atom is 0.251 e. The summed E-state index contributed by atoms with van der Waals surface area (Å²) < 4.78 is 0. The smallest absolute Gasteiger partial charge is 0.251 e. The van der Waals surface area contributed by atoms with Gasteiger partial charge < -0.3 is 11.1 Å². The molecule has 0 spiro atoms. The number of nitrogens with two attached hydrogens (primary N) is 1. The van der Waals surface area contributed by atoms with Crippen molar-refractivity contribution in [3.05, 3.63) is 35.4 Å². The molecule has 5 heteroatoms. The van der Waals surface area contributed by atoms with Crippen molar-refractivity contribution in [3.63, 3.8) is 0 Å². The molecule has 1 aliphatic rings. The van der Waals surface area contributed by atoms with Gasteiger partial charge in [-0.05, 0) is 31.9 Å². The number of hydrogen-bond acceptors (Lipinski definition) is 3. The number of rotatable bonds is 4. The molecule has 2 rings (SSSR count). The molecule has 0 aliphatic carbocycles. The number of piperidine rings is 1. The lowest BCUT2D eigenvalue weighted by Crippen LogP contribution is -2.46. The molecule has 20 heavy (non-hydrogen) atoms. The molecule has 4 nitrogen and oxygen atoms in total. The van der Waals surface area contributed by atoms with E-state index in [-0.39, 0.29) is 11.9 Å². The fourth-order valence-corrected chi connectivity index (χ4v) is 2.69. The molecule has 1 aromatic rings. The minimum Gasteiger partial charge on any atom is -0.392 e. The first kappa shape index (κ1) is 14.9. The Balaban J connectivity index is 1.83. The molecule has 0 radical (unpaired) electrons. The van der Waals surface area contributed by atoms with Gasteiger partial charge in [-0.1, -0.05) is 29.9 Å². The minimum absolute atomic E-state index is 0.0153. The van der Waals surface area contributed by atoms with Gasteiger partial charge in [-0.2, -0.15) is 0 Å². The molecule has 1 aromatic carbocycles. The predicted octanol–water partition coefficient (Wildman–Crippen LogP) is 1.48. The van der Waals surface area contributed by atoms with Crippen LogP contribution in [-0.2, 0) is 0 Å². The zero-order chi connectivity index (χ0) is 14.5. The van der Waals surface area contributed by atoms with E-state index in [1.54, 1.807) is 0 Å². The van der Waals surface area contributed by atoms with Crippen molar-refractivity contribution in [2.75, 3.05) is 19.6 Å². The molecule has 0 aromatic heterocycles. The van der Waals surface area contributed by atoms with Crippen molar-refractivity contribution in [1.82, 2.24) is 10.2 Å². The van der Waals surface area contributed by atoms with Crippen LogP contribution >= 0.6 is 12.2 Å². The van der Waals surface area contributed by atoms with Crippen LogP contribution in [0.3, 0.4) is 0 Å². The van der Waals surface area contributed by atoms with E-state index in [4.69, 9.17) is 18.0 Å². The quantitative estimate of drug-likeness (QED) is 0.825. The standard InChI is InChI=1S/C15H21N3OS/c1-11-3-2-4-12(9-11)15(19)17-13-5-7-18(8-6-13)10-14(16)20/h2-4,9,13H,5-8,10H2,1H3,(H2,16,20)(H,17,19). The summed E-state index contributed by atoms with van der Waals surface area (Å²) in [6.45, 7) is 4.52. The lowest BCUT2D eigenvalue weighted by molar-refractivity contribution is 0.0915. The van der Waals surface area contributed by atoms with Gasteiger partial charge in [-0.15, -0.1) is 0 Å². The highest BCUT2D eigenvalue weighted by Gasteiger charge is 2.21. The van der Waals surface area contributed by atoms with Crippen LogP contribution in [0.5, 0.6) is 0 Å².